The van der Waals surface area contributed by atoms with E-state index >= 15 is 0 Å². The first-order valence-electron chi connectivity index (χ1n) is 6.19. The van der Waals surface area contributed by atoms with Crippen molar-refractivity contribution in [2.24, 2.45) is 0 Å². The van der Waals surface area contributed by atoms with Gasteiger partial charge in [-0.2, -0.15) is 8.42 Å². The topological polar surface area (TPSA) is 54.4 Å². The van der Waals surface area contributed by atoms with Gasteiger partial charge in [-0.05, 0) is 44.5 Å². The summed E-state index contributed by atoms with van der Waals surface area (Å²) in [6, 6.07) is 16.8. The Bertz CT molecular complexity index is 1000. The molecule has 0 saturated heterocycles. The molecule has 4 aromatic rings. The van der Waals surface area contributed by atoms with Crippen molar-refractivity contribution in [2.45, 2.75) is 4.90 Å². The SMILES string of the molecule is O=S(=O)(O)c1cc2ccc3cccc4ccc(c1)c2c34. The zero-order chi connectivity index (χ0) is 13.9. The molecule has 98 valence electrons. The fourth-order valence-electron chi connectivity index (χ4n) is 2.87. The van der Waals surface area contributed by atoms with E-state index in [1.807, 2.05) is 42.5 Å². The molecule has 0 atom stereocenters. The van der Waals surface area contributed by atoms with Crippen molar-refractivity contribution in [2.75, 3.05) is 0 Å². The molecule has 0 amide bonds. The van der Waals surface area contributed by atoms with Crippen LogP contribution in [0.2, 0.25) is 0 Å². The van der Waals surface area contributed by atoms with Gasteiger partial charge < -0.3 is 0 Å². The van der Waals surface area contributed by atoms with Gasteiger partial charge in [-0.3, -0.25) is 4.55 Å². The second-order valence-corrected chi connectivity index (χ2v) is 6.35. The summed E-state index contributed by atoms with van der Waals surface area (Å²) in [5.41, 5.74) is 0. The quantitative estimate of drug-likeness (QED) is 0.426. The summed E-state index contributed by atoms with van der Waals surface area (Å²) in [4.78, 5) is -0.0663. The van der Waals surface area contributed by atoms with Crippen molar-refractivity contribution in [3.63, 3.8) is 0 Å². The second kappa shape index (κ2) is 3.69. The van der Waals surface area contributed by atoms with Crippen LogP contribution in [-0.2, 0) is 10.1 Å². The molecule has 0 unspecified atom stereocenters. The van der Waals surface area contributed by atoms with Crippen LogP contribution in [0.25, 0.3) is 32.3 Å². The summed E-state index contributed by atoms with van der Waals surface area (Å²) in [5.74, 6) is 0. The fourth-order valence-corrected chi connectivity index (χ4v) is 3.43. The minimum atomic E-state index is -4.19. The van der Waals surface area contributed by atoms with Gasteiger partial charge in [0.25, 0.3) is 10.1 Å². The lowest BCUT2D eigenvalue weighted by Crippen LogP contribution is -1.98. The van der Waals surface area contributed by atoms with Gasteiger partial charge in [0.05, 0.1) is 4.90 Å². The lowest BCUT2D eigenvalue weighted by atomic mass is 9.94. The molecule has 3 nitrogen and oxygen atoms in total. The lowest BCUT2D eigenvalue weighted by Gasteiger charge is -2.11. The molecule has 0 saturated carbocycles. The van der Waals surface area contributed by atoms with Crippen molar-refractivity contribution in [1.82, 2.24) is 0 Å². The molecule has 0 aliphatic carbocycles. The van der Waals surface area contributed by atoms with Gasteiger partial charge >= 0.3 is 0 Å². The first-order chi connectivity index (χ1) is 9.54. The van der Waals surface area contributed by atoms with E-state index in [0.29, 0.717) is 0 Å². The van der Waals surface area contributed by atoms with Gasteiger partial charge in [0.2, 0.25) is 0 Å². The molecule has 0 fully saturated rings. The summed E-state index contributed by atoms with van der Waals surface area (Å²) in [6.45, 7) is 0. The predicted octanol–water partition coefficient (Wildman–Crippen LogP) is 3.83. The Morgan fingerprint density at radius 3 is 1.65 bits per heavy atom. The molecule has 0 aliphatic rings. The molecular weight excluding hydrogens is 272 g/mol. The predicted molar refractivity (Wildman–Crippen MR) is 80.0 cm³/mol. The molecule has 0 radical (unpaired) electrons. The van der Waals surface area contributed by atoms with Crippen molar-refractivity contribution in [3.8, 4) is 0 Å². The molecule has 0 heterocycles. The van der Waals surface area contributed by atoms with Gasteiger partial charge in [0.1, 0.15) is 0 Å². The Hall–Kier alpha value is -2.17. The molecule has 4 aromatic carbocycles. The first kappa shape index (κ1) is 11.6. The van der Waals surface area contributed by atoms with Crippen LogP contribution >= 0.6 is 0 Å². The molecule has 20 heavy (non-hydrogen) atoms. The Balaban J connectivity index is 2.31. The van der Waals surface area contributed by atoms with E-state index in [0.717, 1.165) is 32.3 Å². The van der Waals surface area contributed by atoms with Crippen LogP contribution in [0.15, 0.2) is 59.5 Å². The number of rotatable bonds is 1. The van der Waals surface area contributed by atoms with Gasteiger partial charge in [-0.1, -0.05) is 42.5 Å². The maximum absolute atomic E-state index is 11.4. The van der Waals surface area contributed by atoms with E-state index < -0.39 is 10.1 Å². The van der Waals surface area contributed by atoms with Crippen LogP contribution in [0, 0.1) is 0 Å². The van der Waals surface area contributed by atoms with Crippen molar-refractivity contribution >= 4 is 42.4 Å². The van der Waals surface area contributed by atoms with E-state index in [9.17, 15) is 13.0 Å². The Kier molecular flexibility index (Phi) is 2.14. The normalized spacial score (nSPS) is 12.7. The molecule has 0 aliphatic heterocycles. The molecule has 0 spiro atoms. The third kappa shape index (κ3) is 1.52. The van der Waals surface area contributed by atoms with Crippen LogP contribution in [0.1, 0.15) is 0 Å². The van der Waals surface area contributed by atoms with Gasteiger partial charge in [0.15, 0.2) is 0 Å². The second-order valence-electron chi connectivity index (χ2n) is 4.93. The minimum absolute atomic E-state index is 0.0663. The average Bonchev–Trinajstić information content (AvgIpc) is 2.43. The van der Waals surface area contributed by atoms with Crippen LogP contribution in [-0.4, -0.2) is 13.0 Å². The summed E-state index contributed by atoms with van der Waals surface area (Å²) in [5, 5.41) is 6.05. The highest BCUT2D eigenvalue weighted by Crippen LogP contribution is 2.35. The summed E-state index contributed by atoms with van der Waals surface area (Å²) < 4.78 is 32.0. The number of hydrogen-bond acceptors (Lipinski definition) is 2. The summed E-state index contributed by atoms with van der Waals surface area (Å²) in [7, 11) is -4.19. The summed E-state index contributed by atoms with van der Waals surface area (Å²) >= 11 is 0. The molecule has 4 rings (SSSR count). The largest absolute Gasteiger partial charge is 0.294 e. The van der Waals surface area contributed by atoms with E-state index in [2.05, 4.69) is 0 Å². The summed E-state index contributed by atoms with van der Waals surface area (Å²) in [6.07, 6.45) is 0. The van der Waals surface area contributed by atoms with Gasteiger partial charge in [-0.25, -0.2) is 0 Å². The molecule has 0 bridgehead atoms. The highest BCUT2D eigenvalue weighted by molar-refractivity contribution is 7.85. The smallest absolute Gasteiger partial charge is 0.282 e. The standard InChI is InChI=1S/C16H10O3S/c17-20(18,19)14-8-12-6-4-10-2-1-3-11-5-7-13(9-14)16(12)15(10)11/h1-9H,(H,17,18,19). The van der Waals surface area contributed by atoms with Crippen LogP contribution in [0.4, 0.5) is 0 Å². The average molecular weight is 282 g/mol. The highest BCUT2D eigenvalue weighted by atomic mass is 32.2. The molecule has 1 N–H and O–H groups in total. The maximum atomic E-state index is 11.4. The number of hydrogen-bond donors (Lipinski definition) is 1. The van der Waals surface area contributed by atoms with Crippen LogP contribution < -0.4 is 0 Å². The molecular formula is C16H10O3S. The van der Waals surface area contributed by atoms with Crippen molar-refractivity contribution in [1.29, 1.82) is 0 Å². The van der Waals surface area contributed by atoms with Crippen LogP contribution in [0.5, 0.6) is 0 Å². The Morgan fingerprint density at radius 2 is 1.15 bits per heavy atom. The van der Waals surface area contributed by atoms with E-state index in [-0.39, 0.29) is 4.90 Å². The zero-order valence-electron chi connectivity index (χ0n) is 10.4. The minimum Gasteiger partial charge on any atom is -0.282 e. The Morgan fingerprint density at radius 1 is 0.700 bits per heavy atom. The number of benzene rings is 4. The third-order valence-corrected chi connectivity index (χ3v) is 4.57. The van der Waals surface area contributed by atoms with Gasteiger partial charge in [0, 0.05) is 0 Å². The van der Waals surface area contributed by atoms with Crippen molar-refractivity contribution in [3.05, 3.63) is 54.6 Å². The molecule has 0 aromatic heterocycles. The van der Waals surface area contributed by atoms with E-state index in [1.165, 1.54) is 12.1 Å². The first-order valence-corrected chi connectivity index (χ1v) is 7.63. The van der Waals surface area contributed by atoms with E-state index in [4.69, 9.17) is 0 Å². The Labute approximate surface area is 115 Å². The lowest BCUT2D eigenvalue weighted by molar-refractivity contribution is 0.483. The molecule has 4 heteroatoms. The zero-order valence-corrected chi connectivity index (χ0v) is 11.2. The van der Waals surface area contributed by atoms with E-state index in [1.54, 1.807) is 0 Å². The third-order valence-electron chi connectivity index (χ3n) is 3.73. The van der Waals surface area contributed by atoms with Crippen molar-refractivity contribution < 1.29 is 13.0 Å². The van der Waals surface area contributed by atoms with Crippen LogP contribution in [0.3, 0.4) is 0 Å². The fraction of sp³-hybridized carbons (Fsp3) is 0. The monoisotopic (exact) mass is 282 g/mol. The van der Waals surface area contributed by atoms with Gasteiger partial charge in [-0.15, -0.1) is 0 Å². The maximum Gasteiger partial charge on any atom is 0.294 e. The highest BCUT2D eigenvalue weighted by Gasteiger charge is 2.14.